The Labute approximate surface area is 180 Å². The van der Waals surface area contributed by atoms with E-state index in [1.807, 2.05) is 0 Å². The van der Waals surface area contributed by atoms with Gasteiger partial charge < -0.3 is 9.84 Å². The normalized spacial score (nSPS) is 45.0. The maximum atomic E-state index is 12.3. The molecule has 1 N–H and O–H groups in total. The summed E-state index contributed by atoms with van der Waals surface area (Å²) in [5.74, 6) is 2.07. The zero-order chi connectivity index (χ0) is 21.7. The molecule has 0 unspecified atom stereocenters. The number of fused-ring (bicyclic) bond motifs is 5. The van der Waals surface area contributed by atoms with Crippen molar-refractivity contribution in [1.82, 2.24) is 0 Å². The standard InChI is InChI=1S/C25H38O5/c1-15(26)19-6-7-20-18-5-4-16-14-17(30-23(29)9-8-22(27)28)10-12-24(16,2)21(18)11-13-25(19,20)3/h16-21H,4-14H2,1-3H3,(H,27,28)/t16-,17+,18+,19-,20+,21+,24+,25-/m1/s1. The smallest absolute Gasteiger partial charge is 0.306 e. The molecule has 4 aliphatic rings. The summed E-state index contributed by atoms with van der Waals surface area (Å²) in [6.07, 6.45) is 9.82. The second kappa shape index (κ2) is 7.94. The molecular formula is C25H38O5. The number of carboxylic acid groups (broad SMARTS) is 1. The molecule has 0 amide bonds. The summed E-state index contributed by atoms with van der Waals surface area (Å²) >= 11 is 0. The summed E-state index contributed by atoms with van der Waals surface area (Å²) in [5, 5.41) is 8.77. The van der Waals surface area contributed by atoms with E-state index in [1.54, 1.807) is 6.92 Å². The molecule has 30 heavy (non-hydrogen) atoms. The topological polar surface area (TPSA) is 80.7 Å². The third-order valence-electron chi connectivity index (χ3n) is 9.95. The third-order valence-corrected chi connectivity index (χ3v) is 9.95. The van der Waals surface area contributed by atoms with E-state index < -0.39 is 5.97 Å². The Bertz CT molecular complexity index is 716. The lowest BCUT2D eigenvalue weighted by Gasteiger charge is -2.61. The lowest BCUT2D eigenvalue weighted by atomic mass is 9.44. The van der Waals surface area contributed by atoms with Crippen molar-refractivity contribution in [2.24, 2.45) is 40.4 Å². The number of hydrogen-bond acceptors (Lipinski definition) is 4. The van der Waals surface area contributed by atoms with E-state index in [9.17, 15) is 14.4 Å². The minimum absolute atomic E-state index is 0.0317. The van der Waals surface area contributed by atoms with Crippen LogP contribution in [0.2, 0.25) is 0 Å². The highest BCUT2D eigenvalue weighted by molar-refractivity contribution is 5.79. The second-order valence-electron chi connectivity index (χ2n) is 11.2. The lowest BCUT2D eigenvalue weighted by molar-refractivity contribution is -0.164. The average Bonchev–Trinajstić information content (AvgIpc) is 3.04. The number of esters is 1. The van der Waals surface area contributed by atoms with E-state index >= 15 is 0 Å². The van der Waals surface area contributed by atoms with Gasteiger partial charge in [0.05, 0.1) is 12.8 Å². The van der Waals surface area contributed by atoms with Gasteiger partial charge >= 0.3 is 11.9 Å². The van der Waals surface area contributed by atoms with E-state index in [0.717, 1.165) is 37.5 Å². The molecule has 0 aromatic carbocycles. The Kier molecular flexibility index (Phi) is 5.78. The molecule has 4 fully saturated rings. The van der Waals surface area contributed by atoms with E-state index in [-0.39, 0.29) is 36.2 Å². The number of ether oxygens (including phenoxy) is 1. The minimum Gasteiger partial charge on any atom is -0.481 e. The first-order valence-electron chi connectivity index (χ1n) is 12.1. The van der Waals surface area contributed by atoms with Gasteiger partial charge in [-0.3, -0.25) is 14.4 Å². The molecule has 0 spiro atoms. The highest BCUT2D eigenvalue weighted by atomic mass is 16.5. The minimum atomic E-state index is -0.954. The highest BCUT2D eigenvalue weighted by Gasteiger charge is 2.60. The van der Waals surface area contributed by atoms with Crippen molar-refractivity contribution >= 4 is 17.7 Å². The second-order valence-corrected chi connectivity index (χ2v) is 11.2. The molecule has 0 heterocycles. The van der Waals surface area contributed by atoms with Crippen LogP contribution in [0.3, 0.4) is 0 Å². The zero-order valence-corrected chi connectivity index (χ0v) is 18.8. The first-order chi connectivity index (χ1) is 14.1. The summed E-state index contributed by atoms with van der Waals surface area (Å²) in [6.45, 7) is 6.67. The van der Waals surface area contributed by atoms with Crippen molar-refractivity contribution in [2.45, 2.75) is 97.5 Å². The maximum Gasteiger partial charge on any atom is 0.306 e. The van der Waals surface area contributed by atoms with Gasteiger partial charge in [-0.25, -0.2) is 0 Å². The van der Waals surface area contributed by atoms with Crippen molar-refractivity contribution < 1.29 is 24.2 Å². The van der Waals surface area contributed by atoms with Crippen LogP contribution in [0.15, 0.2) is 0 Å². The molecule has 4 saturated carbocycles. The SMILES string of the molecule is CC(=O)[C@H]1CC[C@H]2[C@@H]3CC[C@@H]4C[C@@H](OC(=O)CCC(=O)O)CC[C@]4(C)[C@H]3CC[C@]12C. The van der Waals surface area contributed by atoms with E-state index in [4.69, 9.17) is 9.84 Å². The van der Waals surface area contributed by atoms with Crippen LogP contribution in [0.4, 0.5) is 0 Å². The van der Waals surface area contributed by atoms with Crippen LogP contribution in [-0.2, 0) is 19.1 Å². The van der Waals surface area contributed by atoms with E-state index in [1.165, 1.54) is 32.1 Å². The van der Waals surface area contributed by atoms with Gasteiger partial charge in [0.15, 0.2) is 0 Å². The molecule has 5 heteroatoms. The summed E-state index contributed by atoms with van der Waals surface area (Å²) in [7, 11) is 0. The van der Waals surface area contributed by atoms with Gasteiger partial charge in [-0.05, 0) is 99.2 Å². The predicted octanol–water partition coefficient (Wildman–Crippen LogP) is 5.01. The number of aliphatic carboxylic acids is 1. The van der Waals surface area contributed by atoms with Gasteiger partial charge in [0.1, 0.15) is 11.9 Å². The molecule has 0 saturated heterocycles. The summed E-state index contributed by atoms with van der Waals surface area (Å²) in [5.41, 5.74) is 0.510. The van der Waals surface area contributed by atoms with Gasteiger partial charge in [0.25, 0.3) is 0 Å². The molecule has 4 aliphatic carbocycles. The summed E-state index contributed by atoms with van der Waals surface area (Å²) in [4.78, 5) is 35.0. The molecule has 0 bridgehead atoms. The van der Waals surface area contributed by atoms with Crippen LogP contribution >= 0.6 is 0 Å². The van der Waals surface area contributed by atoms with Crippen molar-refractivity contribution in [1.29, 1.82) is 0 Å². The molecular weight excluding hydrogens is 380 g/mol. The van der Waals surface area contributed by atoms with Gasteiger partial charge in [-0.1, -0.05) is 13.8 Å². The molecule has 0 aliphatic heterocycles. The molecule has 0 aromatic rings. The number of carbonyl (C=O) groups excluding carboxylic acids is 2. The van der Waals surface area contributed by atoms with Crippen LogP contribution < -0.4 is 0 Å². The predicted molar refractivity (Wildman–Crippen MR) is 113 cm³/mol. The summed E-state index contributed by atoms with van der Waals surface area (Å²) in [6, 6.07) is 0. The van der Waals surface area contributed by atoms with Gasteiger partial charge in [-0.2, -0.15) is 0 Å². The zero-order valence-electron chi connectivity index (χ0n) is 18.8. The first kappa shape index (κ1) is 21.8. The largest absolute Gasteiger partial charge is 0.481 e. The van der Waals surface area contributed by atoms with Gasteiger partial charge in [-0.15, -0.1) is 0 Å². The highest BCUT2D eigenvalue weighted by Crippen LogP contribution is 2.67. The Balaban J connectivity index is 1.42. The van der Waals surface area contributed by atoms with Crippen molar-refractivity contribution in [3.8, 4) is 0 Å². The molecule has 0 radical (unpaired) electrons. The quantitative estimate of drug-likeness (QED) is 0.635. The maximum absolute atomic E-state index is 12.3. The van der Waals surface area contributed by atoms with Crippen LogP contribution in [0, 0.1) is 40.4 Å². The summed E-state index contributed by atoms with van der Waals surface area (Å²) < 4.78 is 5.66. The van der Waals surface area contributed by atoms with Crippen LogP contribution in [-0.4, -0.2) is 28.9 Å². The Hall–Kier alpha value is -1.39. The average molecular weight is 419 g/mol. The number of carbonyl (C=O) groups is 3. The first-order valence-corrected chi connectivity index (χ1v) is 12.1. The Morgan fingerprint density at radius 3 is 2.30 bits per heavy atom. The fourth-order valence-electron chi connectivity index (χ4n) is 8.45. The number of rotatable bonds is 5. The fraction of sp³-hybridized carbons (Fsp3) is 0.880. The molecule has 5 nitrogen and oxygen atoms in total. The fourth-order valence-corrected chi connectivity index (χ4v) is 8.45. The van der Waals surface area contributed by atoms with Crippen LogP contribution in [0.5, 0.6) is 0 Å². The Morgan fingerprint density at radius 2 is 1.60 bits per heavy atom. The number of carboxylic acids is 1. The van der Waals surface area contributed by atoms with Crippen molar-refractivity contribution in [3.63, 3.8) is 0 Å². The monoisotopic (exact) mass is 418 g/mol. The molecule has 8 atom stereocenters. The Morgan fingerprint density at radius 1 is 0.900 bits per heavy atom. The van der Waals surface area contributed by atoms with Crippen molar-refractivity contribution in [2.75, 3.05) is 0 Å². The lowest BCUT2D eigenvalue weighted by Crippen LogP contribution is -2.54. The third kappa shape index (κ3) is 3.60. The van der Waals surface area contributed by atoms with Gasteiger partial charge in [0.2, 0.25) is 0 Å². The molecule has 168 valence electrons. The van der Waals surface area contributed by atoms with E-state index in [2.05, 4.69) is 13.8 Å². The molecule has 4 rings (SSSR count). The van der Waals surface area contributed by atoms with E-state index in [0.29, 0.717) is 23.0 Å². The number of hydrogen-bond donors (Lipinski definition) is 1. The number of ketones is 1. The molecule has 0 aromatic heterocycles. The van der Waals surface area contributed by atoms with Crippen molar-refractivity contribution in [3.05, 3.63) is 0 Å². The van der Waals surface area contributed by atoms with Crippen LogP contribution in [0.25, 0.3) is 0 Å². The number of Topliss-reactive ketones (excluding diaryl/α,β-unsaturated/α-hetero) is 1. The van der Waals surface area contributed by atoms with Crippen LogP contribution in [0.1, 0.15) is 91.4 Å². The van der Waals surface area contributed by atoms with Gasteiger partial charge in [0, 0.05) is 5.92 Å².